The fraction of sp³-hybridized carbons (Fsp3) is 0.269. The van der Waals surface area contributed by atoms with E-state index in [0.717, 1.165) is 12.0 Å². The summed E-state index contributed by atoms with van der Waals surface area (Å²) < 4.78 is 5.33. The molecule has 0 bridgehead atoms. The number of carbonyl (C=O) groups is 2. The molecule has 1 amide bonds. The van der Waals surface area contributed by atoms with E-state index in [0.29, 0.717) is 10.6 Å². The van der Waals surface area contributed by atoms with Gasteiger partial charge in [0.1, 0.15) is 10.6 Å². The van der Waals surface area contributed by atoms with E-state index in [1.165, 1.54) is 22.5 Å². The van der Waals surface area contributed by atoms with Gasteiger partial charge < -0.3 is 4.74 Å². The molecule has 0 spiro atoms. The molecule has 4 rings (SSSR count). The molecule has 3 aromatic rings. The van der Waals surface area contributed by atoms with Gasteiger partial charge in [-0.3, -0.25) is 4.79 Å². The molecule has 5 nitrogen and oxygen atoms in total. The first-order valence-corrected chi connectivity index (χ1v) is 11.5. The summed E-state index contributed by atoms with van der Waals surface area (Å²) in [6, 6.07) is 19.1. The lowest BCUT2D eigenvalue weighted by Gasteiger charge is -2.19. The molecule has 2 aromatic carbocycles. The number of thiophene rings is 1. The summed E-state index contributed by atoms with van der Waals surface area (Å²) in [5, 5.41) is 5.91. The van der Waals surface area contributed by atoms with Crippen LogP contribution >= 0.6 is 11.3 Å². The standard InChI is InChI=1S/C26H26N2O3S/c1-26(2,3)19-10-8-18(9-11-19)21-15-22(21)24(29)28-27-16-17-6-12-20(13-7-17)31-25(30)23-5-4-14-32-23/h4-14,16,21-22H,15H2,1-3H3,(H,28,29). The van der Waals surface area contributed by atoms with Crippen LogP contribution in [0.4, 0.5) is 0 Å². The molecule has 0 radical (unpaired) electrons. The van der Waals surface area contributed by atoms with Crippen molar-refractivity contribution in [1.82, 2.24) is 5.43 Å². The first kappa shape index (κ1) is 22.0. The minimum atomic E-state index is -0.374. The summed E-state index contributed by atoms with van der Waals surface area (Å²) in [5.41, 5.74) is 6.06. The van der Waals surface area contributed by atoms with E-state index < -0.39 is 0 Å². The van der Waals surface area contributed by atoms with Crippen molar-refractivity contribution in [3.8, 4) is 5.75 Å². The van der Waals surface area contributed by atoms with Crippen LogP contribution in [0.25, 0.3) is 0 Å². The van der Waals surface area contributed by atoms with Crippen LogP contribution in [0.1, 0.15) is 59.5 Å². The van der Waals surface area contributed by atoms with Crippen LogP contribution in [0.5, 0.6) is 5.75 Å². The first-order chi connectivity index (χ1) is 15.3. The van der Waals surface area contributed by atoms with Crippen LogP contribution in [0.2, 0.25) is 0 Å². The number of benzene rings is 2. The fourth-order valence-electron chi connectivity index (χ4n) is 3.51. The Morgan fingerprint density at radius 2 is 1.78 bits per heavy atom. The molecule has 0 saturated heterocycles. The Labute approximate surface area is 192 Å². The summed E-state index contributed by atoms with van der Waals surface area (Å²) in [5.74, 6) is 0.249. The number of rotatable bonds is 6. The SMILES string of the molecule is CC(C)(C)c1ccc(C2CC2C(=O)NN=Cc2ccc(OC(=O)c3cccs3)cc2)cc1. The van der Waals surface area contributed by atoms with Crippen LogP contribution in [0, 0.1) is 5.92 Å². The second-order valence-corrected chi connectivity index (χ2v) is 9.94. The Morgan fingerprint density at radius 1 is 1.06 bits per heavy atom. The van der Waals surface area contributed by atoms with Gasteiger partial charge in [0.25, 0.3) is 0 Å². The molecule has 1 heterocycles. The average molecular weight is 447 g/mol. The van der Waals surface area contributed by atoms with E-state index in [1.54, 1.807) is 36.5 Å². The number of nitrogens with one attached hydrogen (secondary N) is 1. The number of ether oxygens (including phenoxy) is 1. The zero-order valence-corrected chi connectivity index (χ0v) is 19.2. The van der Waals surface area contributed by atoms with Gasteiger partial charge in [-0.2, -0.15) is 5.10 Å². The molecule has 1 saturated carbocycles. The van der Waals surface area contributed by atoms with Gasteiger partial charge in [-0.05, 0) is 70.2 Å². The Hall–Kier alpha value is -3.25. The molecule has 2 atom stereocenters. The molecule has 0 aliphatic heterocycles. The van der Waals surface area contributed by atoms with Crippen molar-refractivity contribution in [2.45, 2.75) is 38.5 Å². The van der Waals surface area contributed by atoms with E-state index >= 15 is 0 Å². The van der Waals surface area contributed by atoms with Gasteiger partial charge in [0, 0.05) is 5.92 Å². The van der Waals surface area contributed by atoms with Gasteiger partial charge in [0.05, 0.1) is 6.21 Å². The maximum atomic E-state index is 12.4. The first-order valence-electron chi connectivity index (χ1n) is 10.6. The van der Waals surface area contributed by atoms with E-state index in [4.69, 9.17) is 4.74 Å². The Morgan fingerprint density at radius 3 is 2.41 bits per heavy atom. The zero-order chi connectivity index (χ0) is 22.7. The smallest absolute Gasteiger partial charge is 0.353 e. The van der Waals surface area contributed by atoms with Gasteiger partial charge in [-0.1, -0.05) is 51.1 Å². The molecule has 2 unspecified atom stereocenters. The minimum absolute atomic E-state index is 0.0355. The number of carbonyl (C=O) groups excluding carboxylic acids is 2. The van der Waals surface area contributed by atoms with Crippen molar-refractivity contribution >= 4 is 29.4 Å². The van der Waals surface area contributed by atoms with Crippen LogP contribution in [-0.2, 0) is 10.2 Å². The third-order valence-electron chi connectivity index (χ3n) is 5.53. The van der Waals surface area contributed by atoms with Gasteiger partial charge >= 0.3 is 5.97 Å². The summed E-state index contributed by atoms with van der Waals surface area (Å²) in [6.07, 6.45) is 2.43. The largest absolute Gasteiger partial charge is 0.422 e. The summed E-state index contributed by atoms with van der Waals surface area (Å²) in [7, 11) is 0. The summed E-state index contributed by atoms with van der Waals surface area (Å²) in [4.78, 5) is 24.9. The monoisotopic (exact) mass is 446 g/mol. The fourth-order valence-corrected chi connectivity index (χ4v) is 4.11. The maximum Gasteiger partial charge on any atom is 0.353 e. The summed E-state index contributed by atoms with van der Waals surface area (Å²) >= 11 is 1.34. The third-order valence-corrected chi connectivity index (χ3v) is 6.38. The van der Waals surface area contributed by atoms with E-state index in [2.05, 4.69) is 55.6 Å². The number of esters is 1. The second kappa shape index (κ2) is 9.09. The van der Waals surface area contributed by atoms with Crippen molar-refractivity contribution < 1.29 is 14.3 Å². The highest BCUT2D eigenvalue weighted by molar-refractivity contribution is 7.12. The van der Waals surface area contributed by atoms with Crippen LogP contribution < -0.4 is 10.2 Å². The molecular weight excluding hydrogens is 420 g/mol. The maximum absolute atomic E-state index is 12.4. The van der Waals surface area contributed by atoms with Crippen molar-refractivity contribution in [1.29, 1.82) is 0 Å². The highest BCUT2D eigenvalue weighted by atomic mass is 32.1. The molecular formula is C26H26N2O3S. The van der Waals surface area contributed by atoms with Crippen LogP contribution in [-0.4, -0.2) is 18.1 Å². The Kier molecular flexibility index (Phi) is 6.24. The lowest BCUT2D eigenvalue weighted by molar-refractivity contribution is -0.122. The minimum Gasteiger partial charge on any atom is -0.422 e. The zero-order valence-electron chi connectivity index (χ0n) is 18.4. The Balaban J connectivity index is 1.26. The highest BCUT2D eigenvalue weighted by Crippen LogP contribution is 2.47. The Bertz CT molecular complexity index is 1110. The van der Waals surface area contributed by atoms with Gasteiger partial charge in [-0.15, -0.1) is 11.3 Å². The number of amides is 1. The predicted molar refractivity (Wildman–Crippen MR) is 127 cm³/mol. The molecule has 164 valence electrons. The number of hydrogen-bond donors (Lipinski definition) is 1. The van der Waals surface area contributed by atoms with Crippen molar-refractivity contribution in [3.63, 3.8) is 0 Å². The van der Waals surface area contributed by atoms with Crippen LogP contribution in [0.15, 0.2) is 71.1 Å². The van der Waals surface area contributed by atoms with Crippen molar-refractivity contribution in [2.75, 3.05) is 0 Å². The van der Waals surface area contributed by atoms with Crippen molar-refractivity contribution in [3.05, 3.63) is 87.6 Å². The second-order valence-electron chi connectivity index (χ2n) is 8.99. The molecule has 1 aliphatic carbocycles. The number of nitrogens with zero attached hydrogens (tertiary/aromatic N) is 1. The average Bonchev–Trinajstić information content (AvgIpc) is 3.38. The molecule has 1 fully saturated rings. The predicted octanol–water partition coefficient (Wildman–Crippen LogP) is 5.52. The molecule has 1 aliphatic rings. The molecule has 32 heavy (non-hydrogen) atoms. The van der Waals surface area contributed by atoms with Gasteiger partial charge in [-0.25, -0.2) is 10.2 Å². The van der Waals surface area contributed by atoms with Crippen molar-refractivity contribution in [2.24, 2.45) is 11.0 Å². The van der Waals surface area contributed by atoms with Gasteiger partial charge in [0.2, 0.25) is 5.91 Å². The quantitative estimate of drug-likeness (QED) is 0.235. The van der Waals surface area contributed by atoms with Crippen LogP contribution in [0.3, 0.4) is 0 Å². The summed E-state index contributed by atoms with van der Waals surface area (Å²) in [6.45, 7) is 6.58. The third kappa shape index (κ3) is 5.32. The molecule has 6 heteroatoms. The van der Waals surface area contributed by atoms with E-state index in [-0.39, 0.29) is 29.1 Å². The molecule has 1 aromatic heterocycles. The van der Waals surface area contributed by atoms with E-state index in [9.17, 15) is 9.59 Å². The lowest BCUT2D eigenvalue weighted by atomic mass is 9.86. The number of hydrogen-bond acceptors (Lipinski definition) is 5. The van der Waals surface area contributed by atoms with Gasteiger partial charge in [0.15, 0.2) is 0 Å². The topological polar surface area (TPSA) is 67.8 Å². The molecule has 1 N–H and O–H groups in total. The van der Waals surface area contributed by atoms with E-state index in [1.807, 2.05) is 11.4 Å². The normalized spacial score (nSPS) is 17.8. The number of hydrazone groups is 1. The lowest BCUT2D eigenvalue weighted by Crippen LogP contribution is -2.20. The highest BCUT2D eigenvalue weighted by Gasteiger charge is 2.44.